The number of rotatable bonds is 8. The highest BCUT2D eigenvalue weighted by Gasteiger charge is 1.94. The van der Waals surface area contributed by atoms with Crippen LogP contribution in [0.25, 0.3) is 0 Å². The summed E-state index contributed by atoms with van der Waals surface area (Å²) >= 11 is 0. The van der Waals surface area contributed by atoms with Crippen molar-refractivity contribution in [1.82, 2.24) is 0 Å². The van der Waals surface area contributed by atoms with E-state index in [0.29, 0.717) is 19.8 Å². The number of aliphatic hydroxyl groups is 1. The summed E-state index contributed by atoms with van der Waals surface area (Å²) in [7, 11) is 0. The quantitative estimate of drug-likeness (QED) is 0.565. The largest absolute Gasteiger partial charge is 0.391 e. The molecule has 3 heteroatoms. The monoisotopic (exact) mass is 176 g/mol. The normalized spacial score (nSPS) is 13.2. The molecule has 0 saturated heterocycles. The Morgan fingerprint density at radius 3 is 2.42 bits per heavy atom. The number of unbranched alkanes of at least 4 members (excludes halogenated alkanes) is 1. The van der Waals surface area contributed by atoms with E-state index in [-0.39, 0.29) is 6.10 Å². The van der Waals surface area contributed by atoms with Crippen molar-refractivity contribution in [3.63, 3.8) is 0 Å². The Kier molecular flexibility index (Phi) is 8.88. The zero-order chi connectivity index (χ0) is 9.23. The SMILES string of the molecule is CCCCOCCOCC(C)O. The summed E-state index contributed by atoms with van der Waals surface area (Å²) in [6.07, 6.45) is 1.89. The number of hydrogen-bond donors (Lipinski definition) is 1. The highest BCUT2D eigenvalue weighted by atomic mass is 16.5. The van der Waals surface area contributed by atoms with Gasteiger partial charge in [0.2, 0.25) is 0 Å². The Bertz CT molecular complexity index is 83.8. The summed E-state index contributed by atoms with van der Waals surface area (Å²) < 4.78 is 10.3. The van der Waals surface area contributed by atoms with E-state index in [1.807, 2.05) is 0 Å². The molecule has 0 saturated carbocycles. The fraction of sp³-hybridized carbons (Fsp3) is 1.00. The van der Waals surface area contributed by atoms with Crippen molar-refractivity contribution < 1.29 is 14.6 Å². The second-order valence-electron chi connectivity index (χ2n) is 2.89. The molecule has 1 unspecified atom stereocenters. The lowest BCUT2D eigenvalue weighted by Gasteiger charge is -2.06. The fourth-order valence-electron chi connectivity index (χ4n) is 0.720. The molecule has 1 atom stereocenters. The zero-order valence-electron chi connectivity index (χ0n) is 8.08. The molecule has 0 aromatic rings. The molecule has 1 N–H and O–H groups in total. The molecule has 12 heavy (non-hydrogen) atoms. The van der Waals surface area contributed by atoms with Gasteiger partial charge in [-0.05, 0) is 13.3 Å². The van der Waals surface area contributed by atoms with Gasteiger partial charge in [0.1, 0.15) is 0 Å². The van der Waals surface area contributed by atoms with E-state index >= 15 is 0 Å². The van der Waals surface area contributed by atoms with Crippen LogP contribution < -0.4 is 0 Å². The Morgan fingerprint density at radius 2 is 1.83 bits per heavy atom. The van der Waals surface area contributed by atoms with E-state index in [0.717, 1.165) is 19.4 Å². The van der Waals surface area contributed by atoms with Crippen LogP contribution >= 0.6 is 0 Å². The van der Waals surface area contributed by atoms with Crippen molar-refractivity contribution in [3.05, 3.63) is 0 Å². The van der Waals surface area contributed by atoms with Gasteiger partial charge in [-0.1, -0.05) is 13.3 Å². The minimum Gasteiger partial charge on any atom is -0.391 e. The predicted molar refractivity (Wildman–Crippen MR) is 48.2 cm³/mol. The minimum atomic E-state index is -0.374. The van der Waals surface area contributed by atoms with Gasteiger partial charge in [-0.3, -0.25) is 0 Å². The number of aliphatic hydroxyl groups excluding tert-OH is 1. The zero-order valence-corrected chi connectivity index (χ0v) is 8.08. The van der Waals surface area contributed by atoms with Crippen molar-refractivity contribution in [1.29, 1.82) is 0 Å². The van der Waals surface area contributed by atoms with Gasteiger partial charge in [-0.15, -0.1) is 0 Å². The summed E-state index contributed by atoms with van der Waals surface area (Å²) in [5.74, 6) is 0. The fourth-order valence-corrected chi connectivity index (χ4v) is 0.720. The first-order valence-corrected chi connectivity index (χ1v) is 4.61. The average Bonchev–Trinajstić information content (AvgIpc) is 2.02. The van der Waals surface area contributed by atoms with Crippen LogP contribution in [0.4, 0.5) is 0 Å². The molecule has 0 amide bonds. The van der Waals surface area contributed by atoms with E-state index < -0.39 is 0 Å². The molecule has 0 heterocycles. The summed E-state index contributed by atoms with van der Waals surface area (Å²) in [4.78, 5) is 0. The van der Waals surface area contributed by atoms with Gasteiger partial charge >= 0.3 is 0 Å². The molecule has 0 radical (unpaired) electrons. The molecule has 0 aromatic carbocycles. The highest BCUT2D eigenvalue weighted by molar-refractivity contribution is 4.41. The molecule has 0 aliphatic rings. The van der Waals surface area contributed by atoms with Gasteiger partial charge in [-0.25, -0.2) is 0 Å². The van der Waals surface area contributed by atoms with Crippen molar-refractivity contribution in [2.45, 2.75) is 32.8 Å². The van der Waals surface area contributed by atoms with Gasteiger partial charge in [0.15, 0.2) is 0 Å². The van der Waals surface area contributed by atoms with Crippen LogP contribution in [0.2, 0.25) is 0 Å². The van der Waals surface area contributed by atoms with Gasteiger partial charge in [-0.2, -0.15) is 0 Å². The maximum Gasteiger partial charge on any atom is 0.0745 e. The Morgan fingerprint density at radius 1 is 1.17 bits per heavy atom. The molecule has 0 aromatic heterocycles. The second kappa shape index (κ2) is 8.97. The van der Waals surface area contributed by atoms with Crippen molar-refractivity contribution in [3.8, 4) is 0 Å². The topological polar surface area (TPSA) is 38.7 Å². The van der Waals surface area contributed by atoms with E-state index in [2.05, 4.69) is 6.92 Å². The van der Waals surface area contributed by atoms with Crippen molar-refractivity contribution >= 4 is 0 Å². The summed E-state index contributed by atoms with van der Waals surface area (Å²) in [5, 5.41) is 8.83. The molecule has 0 spiro atoms. The van der Waals surface area contributed by atoms with Gasteiger partial charge < -0.3 is 14.6 Å². The van der Waals surface area contributed by atoms with Crippen molar-refractivity contribution in [2.24, 2.45) is 0 Å². The maximum absolute atomic E-state index is 8.83. The predicted octanol–water partition coefficient (Wildman–Crippen LogP) is 1.20. The standard InChI is InChI=1S/C9H20O3/c1-3-4-5-11-6-7-12-8-9(2)10/h9-10H,3-8H2,1-2H3. The highest BCUT2D eigenvalue weighted by Crippen LogP contribution is 1.88. The van der Waals surface area contributed by atoms with E-state index in [4.69, 9.17) is 14.6 Å². The Hall–Kier alpha value is -0.120. The van der Waals surface area contributed by atoms with Gasteiger partial charge in [0.25, 0.3) is 0 Å². The van der Waals surface area contributed by atoms with E-state index in [1.54, 1.807) is 6.92 Å². The molecule has 0 bridgehead atoms. The summed E-state index contributed by atoms with van der Waals surface area (Å²) in [5.41, 5.74) is 0. The number of ether oxygens (including phenoxy) is 2. The first-order valence-electron chi connectivity index (χ1n) is 4.61. The molecule has 0 fully saturated rings. The first-order chi connectivity index (χ1) is 5.77. The molecular weight excluding hydrogens is 156 g/mol. The molecule has 0 rings (SSSR count). The second-order valence-corrected chi connectivity index (χ2v) is 2.89. The molecule has 0 aliphatic heterocycles. The number of hydrogen-bond acceptors (Lipinski definition) is 3. The van der Waals surface area contributed by atoms with Crippen LogP contribution in [0.5, 0.6) is 0 Å². The summed E-state index contributed by atoms with van der Waals surface area (Å²) in [6, 6.07) is 0. The third-order valence-corrected chi connectivity index (χ3v) is 1.37. The molecular formula is C9H20O3. The van der Waals surface area contributed by atoms with E-state index in [9.17, 15) is 0 Å². The Balaban J connectivity index is 2.82. The summed E-state index contributed by atoms with van der Waals surface area (Å²) in [6.45, 7) is 6.26. The molecule has 74 valence electrons. The average molecular weight is 176 g/mol. The lowest BCUT2D eigenvalue weighted by atomic mass is 10.4. The van der Waals surface area contributed by atoms with E-state index in [1.165, 1.54) is 0 Å². The third-order valence-electron chi connectivity index (χ3n) is 1.37. The van der Waals surface area contributed by atoms with Crippen LogP contribution in [-0.2, 0) is 9.47 Å². The van der Waals surface area contributed by atoms with Crippen LogP contribution in [0, 0.1) is 0 Å². The van der Waals surface area contributed by atoms with Crippen LogP contribution in [0.3, 0.4) is 0 Å². The maximum atomic E-state index is 8.83. The van der Waals surface area contributed by atoms with Crippen LogP contribution in [0.15, 0.2) is 0 Å². The Labute approximate surface area is 74.7 Å². The molecule has 0 aliphatic carbocycles. The van der Waals surface area contributed by atoms with Crippen molar-refractivity contribution in [2.75, 3.05) is 26.4 Å². The third kappa shape index (κ3) is 9.88. The van der Waals surface area contributed by atoms with Crippen LogP contribution in [0.1, 0.15) is 26.7 Å². The smallest absolute Gasteiger partial charge is 0.0745 e. The van der Waals surface area contributed by atoms with Gasteiger partial charge in [0, 0.05) is 6.61 Å². The first kappa shape index (κ1) is 11.9. The lowest BCUT2D eigenvalue weighted by molar-refractivity contribution is 0.00912. The molecule has 3 nitrogen and oxygen atoms in total. The lowest BCUT2D eigenvalue weighted by Crippen LogP contribution is -2.13. The minimum absolute atomic E-state index is 0.374. The van der Waals surface area contributed by atoms with Gasteiger partial charge in [0.05, 0.1) is 25.9 Å². The van der Waals surface area contributed by atoms with Crippen LogP contribution in [-0.4, -0.2) is 37.6 Å².